The predicted molar refractivity (Wildman–Crippen MR) is 139 cm³/mol. The summed E-state index contributed by atoms with van der Waals surface area (Å²) in [5.41, 5.74) is 4.89. The second kappa shape index (κ2) is 8.47. The quantitative estimate of drug-likeness (QED) is 0.386. The maximum absolute atomic E-state index is 12.9. The number of hydrogen-bond donors (Lipinski definition) is 0. The fourth-order valence-electron chi connectivity index (χ4n) is 5.19. The zero-order chi connectivity index (χ0) is 25.0. The van der Waals surface area contributed by atoms with Gasteiger partial charge in [0, 0.05) is 56.7 Å². The summed E-state index contributed by atoms with van der Waals surface area (Å²) in [7, 11) is 5.25. The molecule has 6 heterocycles. The van der Waals surface area contributed by atoms with Crippen molar-refractivity contribution in [2.45, 2.75) is 26.2 Å². The number of rotatable bonds is 4. The van der Waals surface area contributed by atoms with Crippen molar-refractivity contribution in [1.29, 1.82) is 0 Å². The number of methoxy groups -OCH3 is 1. The third-order valence-electron chi connectivity index (χ3n) is 7.12. The molecule has 0 radical (unpaired) electrons. The minimum atomic E-state index is -0.0708. The molecule has 36 heavy (non-hydrogen) atoms. The number of fused-ring (bicyclic) bond motifs is 2. The van der Waals surface area contributed by atoms with Gasteiger partial charge in [-0.3, -0.25) is 19.1 Å². The van der Waals surface area contributed by atoms with E-state index in [0.29, 0.717) is 11.6 Å². The summed E-state index contributed by atoms with van der Waals surface area (Å²) < 4.78 is 10.8. The van der Waals surface area contributed by atoms with Crippen LogP contribution in [0.25, 0.3) is 39.0 Å². The van der Waals surface area contributed by atoms with Gasteiger partial charge in [-0.25, -0.2) is 14.5 Å². The Morgan fingerprint density at radius 3 is 2.56 bits per heavy atom. The van der Waals surface area contributed by atoms with E-state index in [1.54, 1.807) is 35.7 Å². The van der Waals surface area contributed by atoms with Crippen molar-refractivity contribution in [2.24, 2.45) is 14.1 Å². The fourth-order valence-corrected chi connectivity index (χ4v) is 5.19. The molecule has 0 saturated carbocycles. The standard InChI is InChI=1S/C26H28N8O2/c1-16-17-15-28-34(20(17)12-19(29-16)18-14-27-9-8-22(18)36-4)23-13-21-24(32(3)26(35)31(21)2)25(30-23)33-10-6-5-7-11-33/h8-9,12-15H,5-7,10-11H2,1-4H3. The minimum absolute atomic E-state index is 0.0708. The number of imidazole rings is 1. The van der Waals surface area contributed by atoms with Gasteiger partial charge >= 0.3 is 5.69 Å². The molecule has 10 heteroatoms. The topological polar surface area (TPSA) is 95.9 Å². The first kappa shape index (κ1) is 22.3. The van der Waals surface area contributed by atoms with Gasteiger partial charge in [0.2, 0.25) is 0 Å². The maximum atomic E-state index is 12.9. The lowest BCUT2D eigenvalue weighted by atomic mass is 10.1. The first-order chi connectivity index (χ1) is 17.5. The molecule has 0 aromatic carbocycles. The lowest BCUT2D eigenvalue weighted by molar-refractivity contribution is 0.416. The van der Waals surface area contributed by atoms with Crippen LogP contribution in [0.2, 0.25) is 0 Å². The van der Waals surface area contributed by atoms with E-state index in [2.05, 4.69) is 9.88 Å². The van der Waals surface area contributed by atoms with Crippen molar-refractivity contribution < 1.29 is 4.74 Å². The van der Waals surface area contributed by atoms with Crippen molar-refractivity contribution in [3.05, 3.63) is 53.0 Å². The van der Waals surface area contributed by atoms with Crippen LogP contribution in [0, 0.1) is 6.92 Å². The van der Waals surface area contributed by atoms with Gasteiger partial charge in [-0.15, -0.1) is 0 Å². The second-order valence-electron chi connectivity index (χ2n) is 9.28. The smallest absolute Gasteiger partial charge is 0.328 e. The van der Waals surface area contributed by atoms with Crippen molar-refractivity contribution in [3.63, 3.8) is 0 Å². The summed E-state index contributed by atoms with van der Waals surface area (Å²) in [5.74, 6) is 2.19. The largest absolute Gasteiger partial charge is 0.496 e. The summed E-state index contributed by atoms with van der Waals surface area (Å²) in [6.07, 6.45) is 8.71. The Labute approximate surface area is 207 Å². The Morgan fingerprint density at radius 1 is 0.972 bits per heavy atom. The molecule has 1 saturated heterocycles. The van der Waals surface area contributed by atoms with Crippen LogP contribution in [-0.4, -0.2) is 54.1 Å². The minimum Gasteiger partial charge on any atom is -0.496 e. The van der Waals surface area contributed by atoms with Gasteiger partial charge in [0.1, 0.15) is 11.3 Å². The van der Waals surface area contributed by atoms with Crippen LogP contribution in [0.3, 0.4) is 0 Å². The van der Waals surface area contributed by atoms with E-state index in [4.69, 9.17) is 19.8 Å². The highest BCUT2D eigenvalue weighted by Crippen LogP contribution is 2.33. The summed E-state index contributed by atoms with van der Waals surface area (Å²) in [6, 6.07) is 5.76. The number of ether oxygens (including phenoxy) is 1. The average Bonchev–Trinajstić information content (AvgIpc) is 3.44. The number of aryl methyl sites for hydroxylation is 3. The molecule has 10 nitrogen and oxygen atoms in total. The molecule has 1 aliphatic rings. The van der Waals surface area contributed by atoms with E-state index >= 15 is 0 Å². The lowest BCUT2D eigenvalue weighted by Gasteiger charge is -2.28. The van der Waals surface area contributed by atoms with Crippen LogP contribution >= 0.6 is 0 Å². The SMILES string of the molecule is COc1ccncc1-c1cc2c(cnn2-c2cc3c(c(N4CCCCC4)n2)n(C)c(=O)n3C)c(C)n1. The molecule has 0 N–H and O–H groups in total. The first-order valence-electron chi connectivity index (χ1n) is 12.1. The molecule has 0 unspecified atom stereocenters. The third kappa shape index (κ3) is 3.35. The van der Waals surface area contributed by atoms with Crippen molar-refractivity contribution in [1.82, 2.24) is 33.9 Å². The Morgan fingerprint density at radius 2 is 1.78 bits per heavy atom. The highest BCUT2D eigenvalue weighted by Gasteiger charge is 2.23. The predicted octanol–water partition coefficient (Wildman–Crippen LogP) is 3.38. The van der Waals surface area contributed by atoms with Crippen LogP contribution < -0.4 is 15.3 Å². The van der Waals surface area contributed by atoms with E-state index in [-0.39, 0.29) is 5.69 Å². The van der Waals surface area contributed by atoms with Crippen molar-refractivity contribution >= 4 is 27.8 Å². The van der Waals surface area contributed by atoms with Gasteiger partial charge < -0.3 is 9.64 Å². The summed E-state index contributed by atoms with van der Waals surface area (Å²) >= 11 is 0. The maximum Gasteiger partial charge on any atom is 0.328 e. The number of hydrogen-bond acceptors (Lipinski definition) is 7. The fraction of sp³-hybridized carbons (Fsp3) is 0.346. The van der Waals surface area contributed by atoms with Crippen LogP contribution in [-0.2, 0) is 14.1 Å². The molecule has 6 rings (SSSR count). The molecule has 0 bridgehead atoms. The van der Waals surface area contributed by atoms with Crippen molar-refractivity contribution in [3.8, 4) is 22.8 Å². The number of anilines is 1. The second-order valence-corrected chi connectivity index (χ2v) is 9.28. The summed E-state index contributed by atoms with van der Waals surface area (Å²) in [4.78, 5) is 29.3. The van der Waals surface area contributed by atoms with E-state index in [0.717, 1.165) is 70.6 Å². The Hall–Kier alpha value is -4.21. The Balaban J connectivity index is 1.60. The molecule has 0 aliphatic carbocycles. The van der Waals surface area contributed by atoms with Gasteiger partial charge in [-0.2, -0.15) is 5.10 Å². The highest BCUT2D eigenvalue weighted by molar-refractivity contribution is 5.90. The molecule has 1 aliphatic heterocycles. The van der Waals surface area contributed by atoms with Crippen LogP contribution in [0.15, 0.2) is 41.6 Å². The van der Waals surface area contributed by atoms with E-state index < -0.39 is 0 Å². The highest BCUT2D eigenvalue weighted by atomic mass is 16.5. The first-order valence-corrected chi connectivity index (χ1v) is 12.1. The number of pyridine rings is 3. The molecule has 1 fully saturated rings. The molecule has 5 aromatic rings. The molecular weight excluding hydrogens is 456 g/mol. The Bertz CT molecular complexity index is 1670. The number of aromatic nitrogens is 7. The zero-order valence-electron chi connectivity index (χ0n) is 20.9. The van der Waals surface area contributed by atoms with E-state index in [1.165, 1.54) is 6.42 Å². The molecule has 0 spiro atoms. The normalized spacial score (nSPS) is 14.2. The summed E-state index contributed by atoms with van der Waals surface area (Å²) in [5, 5.41) is 5.65. The molecular formula is C26H28N8O2. The van der Waals surface area contributed by atoms with Gasteiger partial charge in [0.25, 0.3) is 0 Å². The lowest BCUT2D eigenvalue weighted by Crippen LogP contribution is -2.31. The summed E-state index contributed by atoms with van der Waals surface area (Å²) in [6.45, 7) is 3.81. The molecule has 184 valence electrons. The zero-order valence-corrected chi connectivity index (χ0v) is 20.9. The van der Waals surface area contributed by atoms with E-state index in [1.807, 2.05) is 43.0 Å². The van der Waals surface area contributed by atoms with Crippen LogP contribution in [0.4, 0.5) is 5.82 Å². The average molecular weight is 485 g/mol. The van der Waals surface area contributed by atoms with Crippen LogP contribution in [0.5, 0.6) is 5.75 Å². The monoisotopic (exact) mass is 484 g/mol. The number of nitrogens with zero attached hydrogens (tertiary/aromatic N) is 8. The van der Waals surface area contributed by atoms with Gasteiger partial charge in [0.05, 0.1) is 35.6 Å². The third-order valence-corrected chi connectivity index (χ3v) is 7.12. The van der Waals surface area contributed by atoms with Gasteiger partial charge in [-0.05, 0) is 38.3 Å². The van der Waals surface area contributed by atoms with Gasteiger partial charge in [-0.1, -0.05) is 0 Å². The molecule has 0 atom stereocenters. The van der Waals surface area contributed by atoms with E-state index in [9.17, 15) is 4.79 Å². The molecule has 0 amide bonds. The number of piperidine rings is 1. The van der Waals surface area contributed by atoms with Crippen LogP contribution in [0.1, 0.15) is 25.0 Å². The van der Waals surface area contributed by atoms with Gasteiger partial charge in [0.15, 0.2) is 11.6 Å². The molecule has 5 aromatic heterocycles. The Kier molecular flexibility index (Phi) is 5.24. The van der Waals surface area contributed by atoms with Crippen molar-refractivity contribution in [2.75, 3.05) is 25.1 Å².